The van der Waals surface area contributed by atoms with E-state index < -0.39 is 0 Å². The Bertz CT molecular complexity index is 635. The lowest BCUT2D eigenvalue weighted by atomic mass is 10.3. The normalized spacial score (nSPS) is 11.8. The summed E-state index contributed by atoms with van der Waals surface area (Å²) in [5, 5.41) is 4.04. The minimum Gasteiger partial charge on any atom is -0.469 e. The average molecular weight is 352 g/mol. The number of aliphatic imine (C=N–C) groups is 1. The molecule has 7 heteroatoms. The molecule has 2 rings (SSSR count). The van der Waals surface area contributed by atoms with Crippen LogP contribution in [0.2, 0.25) is 5.15 Å². The fourth-order valence-corrected chi connectivity index (χ4v) is 2.41. The molecule has 2 aromatic rings. The van der Waals surface area contributed by atoms with Crippen LogP contribution >= 0.6 is 11.6 Å². The average Bonchev–Trinajstić information content (AvgIpc) is 3.19. The maximum Gasteiger partial charge on any atom is 0.194 e. The van der Waals surface area contributed by atoms with Gasteiger partial charge in [-0.15, -0.1) is 0 Å². The van der Waals surface area contributed by atoms with Gasteiger partial charge in [0.15, 0.2) is 5.96 Å². The van der Waals surface area contributed by atoms with Crippen molar-refractivity contribution in [2.75, 3.05) is 20.1 Å². The van der Waals surface area contributed by atoms with Gasteiger partial charge in [-0.3, -0.25) is 4.99 Å². The first-order valence-corrected chi connectivity index (χ1v) is 8.67. The maximum absolute atomic E-state index is 6.06. The van der Waals surface area contributed by atoms with Crippen molar-refractivity contribution in [1.82, 2.24) is 19.8 Å². The highest BCUT2D eigenvalue weighted by atomic mass is 35.5. The van der Waals surface area contributed by atoms with Crippen LogP contribution in [0.25, 0.3) is 0 Å². The number of nitrogens with one attached hydrogen (secondary N) is 1. The van der Waals surface area contributed by atoms with Crippen molar-refractivity contribution in [3.8, 4) is 0 Å². The molecule has 0 aliphatic heterocycles. The van der Waals surface area contributed by atoms with Crippen molar-refractivity contribution >= 4 is 17.6 Å². The van der Waals surface area contributed by atoms with Crippen LogP contribution in [-0.2, 0) is 20.0 Å². The Morgan fingerprint density at radius 2 is 2.33 bits per heavy atom. The first kappa shape index (κ1) is 18.4. The van der Waals surface area contributed by atoms with E-state index in [1.165, 1.54) is 0 Å². The molecule has 0 radical (unpaired) electrons. The molecule has 0 atom stereocenters. The number of furan rings is 1. The maximum atomic E-state index is 6.06. The molecule has 0 amide bonds. The van der Waals surface area contributed by atoms with Gasteiger partial charge in [0.1, 0.15) is 16.7 Å². The van der Waals surface area contributed by atoms with Crippen LogP contribution < -0.4 is 5.32 Å². The minimum absolute atomic E-state index is 0.633. The van der Waals surface area contributed by atoms with Crippen LogP contribution in [0.4, 0.5) is 0 Å². The van der Waals surface area contributed by atoms with E-state index in [0.717, 1.165) is 49.9 Å². The fourth-order valence-electron chi connectivity index (χ4n) is 2.27. The van der Waals surface area contributed by atoms with Gasteiger partial charge in [0.2, 0.25) is 0 Å². The summed E-state index contributed by atoms with van der Waals surface area (Å²) < 4.78 is 7.25. The molecule has 0 aliphatic carbocycles. The SMILES string of the molecule is CCCCN=C(NCCc1ccco1)N(C)Cc1ncc(Cl)n1C. The van der Waals surface area contributed by atoms with Gasteiger partial charge in [-0.2, -0.15) is 0 Å². The lowest BCUT2D eigenvalue weighted by Crippen LogP contribution is -2.40. The fraction of sp³-hybridized carbons (Fsp3) is 0.529. The molecule has 1 N–H and O–H groups in total. The number of nitrogens with zero attached hydrogens (tertiary/aromatic N) is 4. The molecule has 24 heavy (non-hydrogen) atoms. The number of hydrogen-bond donors (Lipinski definition) is 1. The number of halogens is 1. The molecule has 132 valence electrons. The van der Waals surface area contributed by atoms with Crippen molar-refractivity contribution < 1.29 is 4.42 Å². The Kier molecular flexibility index (Phi) is 7.18. The van der Waals surface area contributed by atoms with Crippen molar-refractivity contribution in [3.63, 3.8) is 0 Å². The molecule has 6 nitrogen and oxygen atoms in total. The summed E-state index contributed by atoms with van der Waals surface area (Å²) in [6.07, 6.45) is 6.39. The third-order valence-corrected chi connectivity index (χ3v) is 4.13. The van der Waals surface area contributed by atoms with Gasteiger partial charge in [0.05, 0.1) is 19.0 Å². The second-order valence-corrected chi connectivity index (χ2v) is 6.11. The van der Waals surface area contributed by atoms with Crippen LogP contribution in [-0.4, -0.2) is 40.5 Å². The highest BCUT2D eigenvalue weighted by Gasteiger charge is 2.11. The quantitative estimate of drug-likeness (QED) is 0.451. The van der Waals surface area contributed by atoms with Gasteiger partial charge >= 0.3 is 0 Å². The summed E-state index contributed by atoms with van der Waals surface area (Å²) >= 11 is 6.06. The van der Waals surface area contributed by atoms with Crippen LogP contribution in [0.5, 0.6) is 0 Å². The number of guanidine groups is 1. The van der Waals surface area contributed by atoms with Crippen molar-refractivity contribution in [1.29, 1.82) is 0 Å². The van der Waals surface area contributed by atoms with E-state index in [2.05, 4.69) is 22.1 Å². The molecule has 0 fully saturated rings. The molecule has 0 aromatic carbocycles. The largest absolute Gasteiger partial charge is 0.469 e. The predicted octanol–water partition coefficient (Wildman–Crippen LogP) is 3.09. The lowest BCUT2D eigenvalue weighted by Gasteiger charge is -2.22. The molecular weight excluding hydrogens is 326 g/mol. The van der Waals surface area contributed by atoms with Crippen molar-refractivity contribution in [2.45, 2.75) is 32.7 Å². The van der Waals surface area contributed by atoms with Gasteiger partial charge in [0.25, 0.3) is 0 Å². The Morgan fingerprint density at radius 3 is 2.96 bits per heavy atom. The minimum atomic E-state index is 0.633. The zero-order valence-corrected chi connectivity index (χ0v) is 15.4. The van der Waals surface area contributed by atoms with Gasteiger partial charge in [-0.05, 0) is 18.6 Å². The molecular formula is C17H26ClN5O. The van der Waals surface area contributed by atoms with Crippen molar-refractivity contribution in [2.24, 2.45) is 12.0 Å². The van der Waals surface area contributed by atoms with Crippen LogP contribution in [0.1, 0.15) is 31.4 Å². The number of unbranched alkanes of at least 4 members (excludes halogenated alkanes) is 1. The lowest BCUT2D eigenvalue weighted by molar-refractivity contribution is 0.448. The smallest absolute Gasteiger partial charge is 0.194 e. The Labute approximate surface area is 148 Å². The third-order valence-electron chi connectivity index (χ3n) is 3.78. The van der Waals surface area contributed by atoms with Crippen molar-refractivity contribution in [3.05, 3.63) is 41.3 Å². The molecule has 0 bridgehead atoms. The first-order valence-electron chi connectivity index (χ1n) is 8.29. The van der Waals surface area contributed by atoms with Crippen LogP contribution in [0, 0.1) is 0 Å². The Balaban J connectivity index is 1.95. The highest BCUT2D eigenvalue weighted by Crippen LogP contribution is 2.10. The zero-order chi connectivity index (χ0) is 17.4. The Morgan fingerprint density at radius 1 is 1.50 bits per heavy atom. The topological polar surface area (TPSA) is 58.6 Å². The van der Waals surface area contributed by atoms with Gasteiger partial charge < -0.3 is 19.2 Å². The summed E-state index contributed by atoms with van der Waals surface area (Å²) in [5.74, 6) is 2.74. The van der Waals surface area contributed by atoms with Gasteiger partial charge in [0, 0.05) is 33.6 Å². The second kappa shape index (κ2) is 9.37. The monoisotopic (exact) mass is 351 g/mol. The summed E-state index contributed by atoms with van der Waals surface area (Å²) in [6.45, 7) is 4.39. The van der Waals surface area contributed by atoms with Crippen LogP contribution in [0.3, 0.4) is 0 Å². The molecule has 2 heterocycles. The zero-order valence-electron chi connectivity index (χ0n) is 14.6. The molecule has 0 unspecified atom stereocenters. The van der Waals surface area contributed by atoms with E-state index in [-0.39, 0.29) is 0 Å². The van der Waals surface area contributed by atoms with Gasteiger partial charge in [-0.25, -0.2) is 4.98 Å². The second-order valence-electron chi connectivity index (χ2n) is 5.73. The highest BCUT2D eigenvalue weighted by molar-refractivity contribution is 6.29. The molecule has 0 saturated carbocycles. The van der Waals surface area contributed by atoms with E-state index in [1.807, 2.05) is 30.8 Å². The number of hydrogen-bond acceptors (Lipinski definition) is 3. The van der Waals surface area contributed by atoms with Crippen LogP contribution in [0.15, 0.2) is 34.0 Å². The number of imidazole rings is 1. The van der Waals surface area contributed by atoms with E-state index in [4.69, 9.17) is 21.0 Å². The predicted molar refractivity (Wildman–Crippen MR) is 97.3 cm³/mol. The van der Waals surface area contributed by atoms with E-state index in [1.54, 1.807) is 12.5 Å². The van der Waals surface area contributed by atoms with E-state index in [0.29, 0.717) is 11.7 Å². The molecule has 0 saturated heterocycles. The molecule has 2 aromatic heterocycles. The molecule has 0 spiro atoms. The number of rotatable bonds is 8. The molecule has 0 aliphatic rings. The standard InChI is InChI=1S/C17H26ClN5O/c1-4-5-9-19-17(20-10-8-14-7-6-11-24-14)22(2)13-16-21-12-15(18)23(16)3/h6-7,11-12H,4-5,8-10,13H2,1-3H3,(H,19,20). The van der Waals surface area contributed by atoms with E-state index in [9.17, 15) is 0 Å². The Hall–Kier alpha value is -1.95. The summed E-state index contributed by atoms with van der Waals surface area (Å²) in [4.78, 5) is 11.1. The van der Waals surface area contributed by atoms with Gasteiger partial charge in [-0.1, -0.05) is 24.9 Å². The first-order chi connectivity index (χ1) is 11.6. The summed E-state index contributed by atoms with van der Waals surface area (Å²) in [7, 11) is 3.92. The number of aromatic nitrogens is 2. The summed E-state index contributed by atoms with van der Waals surface area (Å²) in [5.41, 5.74) is 0. The summed E-state index contributed by atoms with van der Waals surface area (Å²) in [6, 6.07) is 3.89. The van der Waals surface area contributed by atoms with E-state index >= 15 is 0 Å². The third kappa shape index (κ3) is 5.30.